The van der Waals surface area contributed by atoms with Crippen LogP contribution in [0.4, 0.5) is 5.69 Å². The number of aryl methyl sites for hydroxylation is 3. The molecular weight excluding hydrogens is 230 g/mol. The molecule has 0 unspecified atom stereocenters. The highest BCUT2D eigenvalue weighted by atomic mass is 35.5. The lowest BCUT2D eigenvalue weighted by atomic mass is 9.94. The summed E-state index contributed by atoms with van der Waals surface area (Å²) in [6.45, 7) is 6.33. The normalized spacial score (nSPS) is 10.6. The summed E-state index contributed by atoms with van der Waals surface area (Å²) in [5.74, 6) is 0. The summed E-state index contributed by atoms with van der Waals surface area (Å²) in [5.41, 5.74) is 12.7. The first-order valence-corrected chi connectivity index (χ1v) is 6.00. The summed E-state index contributed by atoms with van der Waals surface area (Å²) in [6.07, 6.45) is 0. The first-order chi connectivity index (χ1) is 7.99. The SMILES string of the molecule is Cc1cc(C)c(-c2cc(Cl)ccc2N)cc1C. The number of halogens is 1. The highest BCUT2D eigenvalue weighted by molar-refractivity contribution is 6.31. The maximum absolute atomic E-state index is 6.03. The number of hydrogen-bond acceptors (Lipinski definition) is 1. The van der Waals surface area contributed by atoms with E-state index < -0.39 is 0 Å². The van der Waals surface area contributed by atoms with Crippen molar-refractivity contribution in [2.75, 3.05) is 5.73 Å². The van der Waals surface area contributed by atoms with Crippen LogP contribution >= 0.6 is 11.6 Å². The predicted octanol–water partition coefficient (Wildman–Crippen LogP) is 4.51. The molecule has 0 heterocycles. The van der Waals surface area contributed by atoms with Gasteiger partial charge in [0.2, 0.25) is 0 Å². The zero-order valence-electron chi connectivity index (χ0n) is 10.3. The zero-order chi connectivity index (χ0) is 12.6. The fourth-order valence-electron chi connectivity index (χ4n) is 2.01. The summed E-state index contributed by atoms with van der Waals surface area (Å²) in [4.78, 5) is 0. The van der Waals surface area contributed by atoms with Crippen molar-refractivity contribution in [2.45, 2.75) is 20.8 Å². The average molecular weight is 246 g/mol. The number of anilines is 1. The molecule has 2 aromatic carbocycles. The van der Waals surface area contributed by atoms with Gasteiger partial charge in [0.1, 0.15) is 0 Å². The van der Waals surface area contributed by atoms with Crippen molar-refractivity contribution in [3.63, 3.8) is 0 Å². The Morgan fingerprint density at radius 1 is 0.824 bits per heavy atom. The van der Waals surface area contributed by atoms with Gasteiger partial charge >= 0.3 is 0 Å². The molecule has 2 rings (SSSR count). The van der Waals surface area contributed by atoms with Crippen molar-refractivity contribution >= 4 is 17.3 Å². The molecule has 88 valence electrons. The number of nitrogens with two attached hydrogens (primary N) is 1. The molecule has 2 aromatic rings. The molecular formula is C15H16ClN. The molecule has 0 saturated carbocycles. The average Bonchev–Trinajstić information content (AvgIpc) is 2.27. The molecule has 0 aliphatic rings. The van der Waals surface area contributed by atoms with E-state index in [-0.39, 0.29) is 0 Å². The van der Waals surface area contributed by atoms with Gasteiger partial charge in [-0.25, -0.2) is 0 Å². The second-order valence-electron chi connectivity index (χ2n) is 4.48. The van der Waals surface area contributed by atoms with E-state index in [1.165, 1.54) is 16.7 Å². The second-order valence-corrected chi connectivity index (χ2v) is 4.92. The van der Waals surface area contributed by atoms with Gasteiger partial charge in [0.15, 0.2) is 0 Å². The van der Waals surface area contributed by atoms with Crippen molar-refractivity contribution in [2.24, 2.45) is 0 Å². The summed E-state index contributed by atoms with van der Waals surface area (Å²) >= 11 is 6.03. The standard InChI is InChI=1S/C15H16ClN/c1-9-6-11(3)13(7-10(9)2)14-8-12(16)4-5-15(14)17/h4-8H,17H2,1-3H3. The van der Waals surface area contributed by atoms with Crippen LogP contribution in [0.5, 0.6) is 0 Å². The summed E-state index contributed by atoms with van der Waals surface area (Å²) in [5, 5.41) is 0.715. The lowest BCUT2D eigenvalue weighted by Gasteiger charge is -2.12. The Morgan fingerprint density at radius 2 is 1.47 bits per heavy atom. The van der Waals surface area contributed by atoms with Crippen molar-refractivity contribution in [3.8, 4) is 11.1 Å². The number of benzene rings is 2. The molecule has 0 bridgehead atoms. The molecule has 0 aliphatic carbocycles. The van der Waals surface area contributed by atoms with E-state index in [2.05, 4.69) is 32.9 Å². The van der Waals surface area contributed by atoms with E-state index in [1.54, 1.807) is 0 Å². The molecule has 0 fully saturated rings. The van der Waals surface area contributed by atoms with E-state index in [1.807, 2.05) is 18.2 Å². The molecule has 2 N–H and O–H groups in total. The van der Waals surface area contributed by atoms with Crippen LogP contribution in [0.25, 0.3) is 11.1 Å². The lowest BCUT2D eigenvalue weighted by molar-refractivity contribution is 1.30. The van der Waals surface area contributed by atoms with Crippen molar-refractivity contribution in [3.05, 3.63) is 52.0 Å². The van der Waals surface area contributed by atoms with Gasteiger partial charge in [0, 0.05) is 16.3 Å². The molecule has 0 spiro atoms. The van der Waals surface area contributed by atoms with Crippen LogP contribution in [-0.2, 0) is 0 Å². The summed E-state index contributed by atoms with van der Waals surface area (Å²) < 4.78 is 0. The van der Waals surface area contributed by atoms with Crippen LogP contribution in [0.1, 0.15) is 16.7 Å². The van der Waals surface area contributed by atoms with E-state index in [9.17, 15) is 0 Å². The van der Waals surface area contributed by atoms with E-state index >= 15 is 0 Å². The highest BCUT2D eigenvalue weighted by Gasteiger charge is 2.08. The van der Waals surface area contributed by atoms with E-state index in [4.69, 9.17) is 17.3 Å². The zero-order valence-corrected chi connectivity index (χ0v) is 11.1. The largest absolute Gasteiger partial charge is 0.398 e. The van der Waals surface area contributed by atoms with Crippen LogP contribution in [0.15, 0.2) is 30.3 Å². The van der Waals surface area contributed by atoms with Gasteiger partial charge in [-0.1, -0.05) is 23.7 Å². The fraction of sp³-hybridized carbons (Fsp3) is 0.200. The molecule has 0 aromatic heterocycles. The minimum atomic E-state index is 0.715. The van der Waals surface area contributed by atoms with Crippen molar-refractivity contribution in [1.82, 2.24) is 0 Å². The summed E-state index contributed by atoms with van der Waals surface area (Å²) in [6, 6.07) is 9.95. The van der Waals surface area contributed by atoms with Gasteiger partial charge in [-0.15, -0.1) is 0 Å². The molecule has 1 nitrogen and oxygen atoms in total. The van der Waals surface area contributed by atoms with Gasteiger partial charge in [-0.3, -0.25) is 0 Å². The van der Waals surface area contributed by atoms with Crippen LogP contribution in [0, 0.1) is 20.8 Å². The van der Waals surface area contributed by atoms with Crippen LogP contribution in [0.2, 0.25) is 5.02 Å². The first kappa shape index (κ1) is 12.0. The van der Waals surface area contributed by atoms with Gasteiger partial charge in [-0.2, -0.15) is 0 Å². The topological polar surface area (TPSA) is 26.0 Å². The molecule has 0 saturated heterocycles. The van der Waals surface area contributed by atoms with Gasteiger partial charge in [-0.05, 0) is 61.2 Å². The Bertz CT molecular complexity index is 573. The third-order valence-corrected chi connectivity index (χ3v) is 3.38. The Balaban J connectivity index is 2.68. The molecule has 2 heteroatoms. The Labute approximate surface area is 107 Å². The molecule has 0 radical (unpaired) electrons. The monoisotopic (exact) mass is 245 g/mol. The van der Waals surface area contributed by atoms with Crippen LogP contribution in [-0.4, -0.2) is 0 Å². The Morgan fingerprint density at radius 3 is 2.18 bits per heavy atom. The number of rotatable bonds is 1. The second kappa shape index (κ2) is 4.42. The fourth-order valence-corrected chi connectivity index (χ4v) is 2.18. The smallest absolute Gasteiger partial charge is 0.0413 e. The molecule has 0 atom stereocenters. The van der Waals surface area contributed by atoms with Gasteiger partial charge in [0.05, 0.1) is 0 Å². The number of hydrogen-bond donors (Lipinski definition) is 1. The Kier molecular flexibility index (Phi) is 3.12. The Hall–Kier alpha value is -1.47. The third-order valence-electron chi connectivity index (χ3n) is 3.15. The van der Waals surface area contributed by atoms with Crippen LogP contribution < -0.4 is 5.73 Å². The number of nitrogen functional groups attached to an aromatic ring is 1. The van der Waals surface area contributed by atoms with E-state index in [0.29, 0.717) is 5.02 Å². The maximum atomic E-state index is 6.03. The minimum absolute atomic E-state index is 0.715. The van der Waals surface area contributed by atoms with Gasteiger partial charge < -0.3 is 5.73 Å². The quantitative estimate of drug-likeness (QED) is 0.735. The van der Waals surface area contributed by atoms with Crippen molar-refractivity contribution in [1.29, 1.82) is 0 Å². The predicted molar refractivity (Wildman–Crippen MR) is 75.5 cm³/mol. The first-order valence-electron chi connectivity index (χ1n) is 5.62. The van der Waals surface area contributed by atoms with Gasteiger partial charge in [0.25, 0.3) is 0 Å². The van der Waals surface area contributed by atoms with Crippen molar-refractivity contribution < 1.29 is 0 Å². The highest BCUT2D eigenvalue weighted by Crippen LogP contribution is 2.32. The lowest BCUT2D eigenvalue weighted by Crippen LogP contribution is -1.94. The molecule has 0 aliphatic heterocycles. The molecule has 0 amide bonds. The minimum Gasteiger partial charge on any atom is -0.398 e. The van der Waals surface area contributed by atoms with E-state index in [0.717, 1.165) is 16.8 Å². The van der Waals surface area contributed by atoms with Crippen LogP contribution in [0.3, 0.4) is 0 Å². The molecule has 17 heavy (non-hydrogen) atoms. The third kappa shape index (κ3) is 2.29. The maximum Gasteiger partial charge on any atom is 0.0413 e. The summed E-state index contributed by atoms with van der Waals surface area (Å²) in [7, 11) is 0.